The lowest BCUT2D eigenvalue weighted by Gasteiger charge is -2.37. The molecule has 2 atom stereocenters. The lowest BCUT2D eigenvalue weighted by Crippen LogP contribution is -2.51. The Morgan fingerprint density at radius 2 is 1.93 bits per heavy atom. The Labute approximate surface area is 164 Å². The summed E-state index contributed by atoms with van der Waals surface area (Å²) in [5, 5.41) is 11.7. The van der Waals surface area contributed by atoms with Crippen molar-refractivity contribution >= 4 is 17.6 Å². The average molecular weight is 390 g/mol. The van der Waals surface area contributed by atoms with Gasteiger partial charge in [-0.15, -0.1) is 0 Å². The fourth-order valence-corrected chi connectivity index (χ4v) is 4.14. The summed E-state index contributed by atoms with van der Waals surface area (Å²) in [4.78, 5) is 27.0. The Hall–Kier alpha value is -2.74. The third-order valence-electron chi connectivity index (χ3n) is 5.36. The number of carbonyl (C=O) groups is 2. The molecule has 2 heterocycles. The van der Waals surface area contributed by atoms with Crippen molar-refractivity contribution in [1.29, 1.82) is 0 Å². The fourth-order valence-electron chi connectivity index (χ4n) is 4.14. The fraction of sp³-hybridized carbons (Fsp3) is 0.500. The van der Waals surface area contributed by atoms with Crippen molar-refractivity contribution in [1.82, 2.24) is 10.2 Å². The highest BCUT2D eigenvalue weighted by molar-refractivity contribution is 6.01. The Morgan fingerprint density at radius 3 is 2.57 bits per heavy atom. The number of amides is 2. The summed E-state index contributed by atoms with van der Waals surface area (Å²) in [6.07, 6.45) is 2.04. The molecule has 8 nitrogen and oxygen atoms in total. The van der Waals surface area contributed by atoms with E-state index in [4.69, 9.17) is 19.3 Å². The van der Waals surface area contributed by atoms with E-state index in [2.05, 4.69) is 5.32 Å². The van der Waals surface area contributed by atoms with E-state index in [0.29, 0.717) is 29.9 Å². The summed E-state index contributed by atoms with van der Waals surface area (Å²) in [6.45, 7) is 0.0418. The van der Waals surface area contributed by atoms with Crippen molar-refractivity contribution < 1.29 is 28.9 Å². The molecule has 0 saturated carbocycles. The van der Waals surface area contributed by atoms with E-state index in [9.17, 15) is 9.59 Å². The van der Waals surface area contributed by atoms with E-state index < -0.39 is 5.97 Å². The smallest absolute Gasteiger partial charge is 0.336 e. The van der Waals surface area contributed by atoms with Gasteiger partial charge in [-0.1, -0.05) is 6.07 Å². The second kappa shape index (κ2) is 8.52. The molecule has 0 radical (unpaired) electrons. The molecule has 2 amide bonds. The molecule has 1 aromatic rings. The number of hydrogen-bond acceptors (Lipinski definition) is 6. The van der Waals surface area contributed by atoms with E-state index in [1.165, 1.54) is 7.11 Å². The van der Waals surface area contributed by atoms with Gasteiger partial charge in [-0.3, -0.25) is 0 Å². The van der Waals surface area contributed by atoms with E-state index in [0.717, 1.165) is 17.6 Å². The van der Waals surface area contributed by atoms with Crippen molar-refractivity contribution in [3.8, 4) is 11.5 Å². The second-order valence-corrected chi connectivity index (χ2v) is 6.77. The molecule has 2 N–H and O–H groups in total. The maximum Gasteiger partial charge on any atom is 0.336 e. The zero-order valence-corrected chi connectivity index (χ0v) is 16.4. The quantitative estimate of drug-likeness (QED) is 0.716. The van der Waals surface area contributed by atoms with Crippen molar-refractivity contribution in [3.63, 3.8) is 0 Å². The number of rotatable bonds is 6. The number of nitrogens with one attached hydrogen (secondary N) is 1. The third-order valence-corrected chi connectivity index (χ3v) is 5.36. The van der Waals surface area contributed by atoms with Crippen LogP contribution in [0.25, 0.3) is 5.57 Å². The van der Waals surface area contributed by atoms with Crippen LogP contribution in [0.1, 0.15) is 24.8 Å². The number of ether oxygens (including phenoxy) is 3. The molecule has 0 aliphatic carbocycles. The number of aliphatic hydroxyl groups excluding tert-OH is 1. The first kappa shape index (κ1) is 20.0. The lowest BCUT2D eigenvalue weighted by atomic mass is 9.88. The zero-order valence-electron chi connectivity index (χ0n) is 16.4. The number of aliphatic hydroxyl groups is 1. The largest absolute Gasteiger partial charge is 0.493 e. The van der Waals surface area contributed by atoms with Gasteiger partial charge in [0.05, 0.1) is 39.6 Å². The van der Waals surface area contributed by atoms with Gasteiger partial charge in [0.1, 0.15) is 0 Å². The van der Waals surface area contributed by atoms with Crippen molar-refractivity contribution in [2.24, 2.45) is 0 Å². The number of esters is 1. The predicted octanol–water partition coefficient (Wildman–Crippen LogP) is 1.57. The van der Waals surface area contributed by atoms with Crippen LogP contribution in [-0.2, 0) is 9.53 Å². The molecular formula is C20H26N2O6. The van der Waals surface area contributed by atoms with Gasteiger partial charge in [-0.2, -0.15) is 0 Å². The topological polar surface area (TPSA) is 97.3 Å². The van der Waals surface area contributed by atoms with Crippen molar-refractivity contribution in [2.45, 2.75) is 31.3 Å². The van der Waals surface area contributed by atoms with E-state index in [1.807, 2.05) is 12.1 Å². The normalized spacial score (nSPS) is 20.8. The molecule has 0 aromatic heterocycles. The monoisotopic (exact) mass is 390 g/mol. The van der Waals surface area contributed by atoms with Gasteiger partial charge >= 0.3 is 12.0 Å². The van der Waals surface area contributed by atoms with Gasteiger partial charge in [-0.05, 0) is 42.5 Å². The van der Waals surface area contributed by atoms with E-state index >= 15 is 0 Å². The van der Waals surface area contributed by atoms with Gasteiger partial charge in [0.15, 0.2) is 11.5 Å². The number of fused-ring (bicyclic) bond motifs is 2. The average Bonchev–Trinajstić information content (AvgIpc) is 3.04. The summed E-state index contributed by atoms with van der Waals surface area (Å²) in [5.41, 5.74) is 2.22. The molecule has 1 fully saturated rings. The molecule has 28 heavy (non-hydrogen) atoms. The van der Waals surface area contributed by atoms with E-state index in [1.54, 1.807) is 25.2 Å². The molecule has 1 aromatic carbocycles. The Balaban J connectivity index is 2.04. The Kier molecular flexibility index (Phi) is 6.08. The summed E-state index contributed by atoms with van der Waals surface area (Å²) >= 11 is 0. The molecule has 152 valence electrons. The number of urea groups is 1. The lowest BCUT2D eigenvalue weighted by molar-refractivity contribution is -0.136. The van der Waals surface area contributed by atoms with Gasteiger partial charge in [0.2, 0.25) is 0 Å². The number of nitrogens with zero attached hydrogens (tertiary/aromatic N) is 1. The molecule has 0 unspecified atom stereocenters. The van der Waals surface area contributed by atoms with Crippen LogP contribution < -0.4 is 14.8 Å². The van der Waals surface area contributed by atoms with Gasteiger partial charge in [0, 0.05) is 12.6 Å². The van der Waals surface area contributed by atoms with Crippen LogP contribution in [0.5, 0.6) is 11.5 Å². The molecular weight excluding hydrogens is 364 g/mol. The van der Waals surface area contributed by atoms with Crippen LogP contribution in [0.4, 0.5) is 4.79 Å². The van der Waals surface area contributed by atoms with Gasteiger partial charge in [0.25, 0.3) is 0 Å². The summed E-state index contributed by atoms with van der Waals surface area (Å²) < 4.78 is 15.8. The minimum absolute atomic E-state index is 0.0137. The standard InChI is InChI=1S/C20H26N2O6/c1-26-16-7-4-12(10-17(16)27-2)14-11-13-5-6-15(18(14)19(24)28-3)22(13)20(25)21-8-9-23/h4,7,10,13,15,23H,5-6,8-9,11H2,1-3H3,(H,21,25)/t13-,15+/m0/s1. The van der Waals surface area contributed by atoms with Crippen LogP contribution in [0.15, 0.2) is 23.8 Å². The summed E-state index contributed by atoms with van der Waals surface area (Å²) in [6, 6.07) is 4.90. The van der Waals surface area contributed by atoms with Crippen LogP contribution in [-0.4, -0.2) is 68.6 Å². The minimum atomic E-state index is -0.435. The molecule has 2 aliphatic rings. The molecule has 0 spiro atoms. The second-order valence-electron chi connectivity index (χ2n) is 6.77. The molecule has 2 bridgehead atoms. The van der Waals surface area contributed by atoms with Gasteiger partial charge in [-0.25, -0.2) is 9.59 Å². The molecule has 2 aliphatic heterocycles. The first-order valence-electron chi connectivity index (χ1n) is 9.26. The first-order valence-corrected chi connectivity index (χ1v) is 9.26. The maximum atomic E-state index is 12.7. The minimum Gasteiger partial charge on any atom is -0.493 e. The van der Waals surface area contributed by atoms with Crippen LogP contribution >= 0.6 is 0 Å². The molecule has 1 saturated heterocycles. The van der Waals surface area contributed by atoms with Crippen LogP contribution in [0.2, 0.25) is 0 Å². The number of hydrogen-bond donors (Lipinski definition) is 2. The summed E-state index contributed by atoms with van der Waals surface area (Å²) in [7, 11) is 4.48. The highest BCUT2D eigenvalue weighted by atomic mass is 16.5. The highest BCUT2D eigenvalue weighted by Gasteiger charge is 2.46. The van der Waals surface area contributed by atoms with Crippen LogP contribution in [0, 0.1) is 0 Å². The highest BCUT2D eigenvalue weighted by Crippen LogP contribution is 2.44. The first-order chi connectivity index (χ1) is 13.5. The Bertz CT molecular complexity index is 791. The van der Waals surface area contributed by atoms with Crippen molar-refractivity contribution in [2.75, 3.05) is 34.5 Å². The number of carbonyl (C=O) groups excluding carboxylic acids is 2. The zero-order chi connectivity index (χ0) is 20.3. The Morgan fingerprint density at radius 1 is 1.18 bits per heavy atom. The van der Waals surface area contributed by atoms with E-state index in [-0.39, 0.29) is 31.3 Å². The van der Waals surface area contributed by atoms with Crippen molar-refractivity contribution in [3.05, 3.63) is 29.3 Å². The third kappa shape index (κ3) is 3.52. The molecule has 8 heteroatoms. The number of methoxy groups -OCH3 is 3. The van der Waals surface area contributed by atoms with Gasteiger partial charge < -0.3 is 29.5 Å². The SMILES string of the molecule is COC(=O)C1=C(c2ccc(OC)c(OC)c2)C[C@@H]2CC[C@H]1N2C(=O)NCCO. The number of benzene rings is 1. The summed E-state index contributed by atoms with van der Waals surface area (Å²) in [5.74, 6) is 0.748. The molecule has 3 rings (SSSR count). The van der Waals surface area contributed by atoms with Crippen LogP contribution in [0.3, 0.4) is 0 Å². The predicted molar refractivity (Wildman–Crippen MR) is 102 cm³/mol. The maximum absolute atomic E-state index is 12.7.